The third-order valence-corrected chi connectivity index (χ3v) is 2.79. The highest BCUT2D eigenvalue weighted by Crippen LogP contribution is 2.20. The fourth-order valence-electron chi connectivity index (χ4n) is 1.97. The van der Waals surface area contributed by atoms with E-state index in [1.165, 1.54) is 11.1 Å². The van der Waals surface area contributed by atoms with Crippen LogP contribution < -0.4 is 5.32 Å². The molecule has 1 aliphatic rings. The van der Waals surface area contributed by atoms with Crippen LogP contribution in [0.5, 0.6) is 0 Å². The van der Waals surface area contributed by atoms with Gasteiger partial charge in [-0.1, -0.05) is 18.2 Å². The van der Waals surface area contributed by atoms with E-state index in [0.717, 1.165) is 18.5 Å². The number of nitrogens with one attached hydrogen (secondary N) is 1. The molecule has 0 radical (unpaired) electrons. The molecule has 1 aromatic rings. The second-order valence-corrected chi connectivity index (χ2v) is 3.68. The fourth-order valence-corrected chi connectivity index (χ4v) is 1.97. The normalized spacial score (nSPS) is 20.6. The smallest absolute Gasteiger partial charge is 0.0685 e. The molecule has 0 saturated heterocycles. The third kappa shape index (κ3) is 1.66. The molecule has 0 fully saturated rings. The molecule has 0 unspecified atom stereocenters. The number of hydrogen-bond acceptors (Lipinski definition) is 3. The van der Waals surface area contributed by atoms with E-state index >= 15 is 0 Å². The van der Waals surface area contributed by atoms with Crippen LogP contribution in [0.15, 0.2) is 18.2 Å². The summed E-state index contributed by atoms with van der Waals surface area (Å²) in [4.78, 5) is 0. The molecular formula is C11H15NO2. The Balaban J connectivity index is 2.30. The minimum atomic E-state index is 0.0919. The Bertz CT molecular complexity index is 325. The quantitative estimate of drug-likeness (QED) is 0.628. The minimum Gasteiger partial charge on any atom is -0.395 e. The summed E-state index contributed by atoms with van der Waals surface area (Å²) in [6.45, 7) is 1.01. The Morgan fingerprint density at radius 3 is 2.93 bits per heavy atom. The number of hydrogen-bond donors (Lipinski definition) is 3. The summed E-state index contributed by atoms with van der Waals surface area (Å²) in [5.41, 5.74) is 3.43. The molecule has 0 aliphatic carbocycles. The summed E-state index contributed by atoms with van der Waals surface area (Å²) in [6, 6.07) is 6.14. The molecule has 1 heterocycles. The van der Waals surface area contributed by atoms with E-state index in [2.05, 4.69) is 11.4 Å². The molecule has 3 nitrogen and oxygen atoms in total. The van der Waals surface area contributed by atoms with E-state index in [-0.39, 0.29) is 19.3 Å². The molecule has 3 N–H and O–H groups in total. The van der Waals surface area contributed by atoms with E-state index < -0.39 is 0 Å². The van der Waals surface area contributed by atoms with E-state index in [1.807, 2.05) is 12.1 Å². The molecule has 0 bridgehead atoms. The topological polar surface area (TPSA) is 52.5 Å². The average Bonchev–Trinajstić information content (AvgIpc) is 2.27. The van der Waals surface area contributed by atoms with Crippen molar-refractivity contribution in [2.24, 2.45) is 0 Å². The molecule has 0 amide bonds. The lowest BCUT2D eigenvalue weighted by Gasteiger charge is -2.26. The van der Waals surface area contributed by atoms with Gasteiger partial charge in [-0.3, -0.25) is 0 Å². The summed E-state index contributed by atoms with van der Waals surface area (Å²) >= 11 is 0. The Labute approximate surface area is 83.4 Å². The number of fused-ring (bicyclic) bond motifs is 1. The summed E-state index contributed by atoms with van der Waals surface area (Å²) in [6.07, 6.45) is 0.847. The van der Waals surface area contributed by atoms with Crippen molar-refractivity contribution in [1.82, 2.24) is 5.32 Å². The van der Waals surface area contributed by atoms with Gasteiger partial charge in [0, 0.05) is 12.6 Å². The van der Waals surface area contributed by atoms with Gasteiger partial charge >= 0.3 is 0 Å². The van der Waals surface area contributed by atoms with Gasteiger partial charge in [0.2, 0.25) is 0 Å². The molecule has 2 rings (SSSR count). The zero-order valence-corrected chi connectivity index (χ0v) is 8.03. The molecule has 1 aromatic carbocycles. The van der Waals surface area contributed by atoms with Gasteiger partial charge in [0.15, 0.2) is 0 Å². The second-order valence-electron chi connectivity index (χ2n) is 3.68. The third-order valence-electron chi connectivity index (χ3n) is 2.79. The maximum Gasteiger partial charge on any atom is 0.0685 e. The van der Waals surface area contributed by atoms with Crippen molar-refractivity contribution in [1.29, 1.82) is 0 Å². The molecule has 0 saturated carbocycles. The monoisotopic (exact) mass is 193 g/mol. The van der Waals surface area contributed by atoms with Gasteiger partial charge in [-0.15, -0.1) is 0 Å². The molecule has 1 aliphatic heterocycles. The number of aliphatic hydroxyl groups is 2. The highest BCUT2D eigenvalue weighted by molar-refractivity contribution is 5.37. The van der Waals surface area contributed by atoms with Crippen molar-refractivity contribution >= 4 is 0 Å². The SMILES string of the molecule is OCc1cccc2c1CN[C@H](CO)C2. The van der Waals surface area contributed by atoms with Crippen LogP contribution in [0.25, 0.3) is 0 Å². The number of aliphatic hydroxyl groups excluding tert-OH is 2. The Kier molecular flexibility index (Phi) is 2.82. The lowest BCUT2D eigenvalue weighted by atomic mass is 9.92. The van der Waals surface area contributed by atoms with E-state index in [0.29, 0.717) is 0 Å². The fraction of sp³-hybridized carbons (Fsp3) is 0.455. The van der Waals surface area contributed by atoms with E-state index in [9.17, 15) is 0 Å². The molecular weight excluding hydrogens is 178 g/mol. The van der Waals surface area contributed by atoms with Crippen molar-refractivity contribution in [2.75, 3.05) is 6.61 Å². The maximum atomic E-state index is 9.14. The van der Waals surface area contributed by atoms with Crippen molar-refractivity contribution < 1.29 is 10.2 Å². The van der Waals surface area contributed by atoms with Crippen molar-refractivity contribution in [3.8, 4) is 0 Å². The largest absolute Gasteiger partial charge is 0.395 e. The van der Waals surface area contributed by atoms with Gasteiger partial charge < -0.3 is 15.5 Å². The summed E-state index contributed by atoms with van der Waals surface area (Å²) in [5.74, 6) is 0. The van der Waals surface area contributed by atoms with Crippen LogP contribution in [-0.2, 0) is 19.6 Å². The van der Waals surface area contributed by atoms with Gasteiger partial charge in [0.05, 0.1) is 13.2 Å². The predicted octanol–water partition coefficient (Wildman–Crippen LogP) is 0.186. The summed E-state index contributed by atoms with van der Waals surface area (Å²) in [5, 5.41) is 21.4. The van der Waals surface area contributed by atoms with Crippen LogP contribution in [0.2, 0.25) is 0 Å². The van der Waals surface area contributed by atoms with Crippen molar-refractivity contribution in [2.45, 2.75) is 25.6 Å². The molecule has 14 heavy (non-hydrogen) atoms. The van der Waals surface area contributed by atoms with Gasteiger partial charge in [0.25, 0.3) is 0 Å². The number of rotatable bonds is 2. The predicted molar refractivity (Wildman–Crippen MR) is 53.8 cm³/mol. The van der Waals surface area contributed by atoms with Gasteiger partial charge in [0.1, 0.15) is 0 Å². The van der Waals surface area contributed by atoms with Crippen LogP contribution in [0, 0.1) is 0 Å². The van der Waals surface area contributed by atoms with E-state index in [4.69, 9.17) is 10.2 Å². The molecule has 0 spiro atoms. The van der Waals surface area contributed by atoms with Crippen LogP contribution in [-0.4, -0.2) is 22.9 Å². The summed E-state index contributed by atoms with van der Waals surface area (Å²) in [7, 11) is 0. The standard InChI is InChI=1S/C11H15NO2/c13-6-9-3-1-2-8-4-10(7-14)12-5-11(8)9/h1-3,10,12-14H,4-7H2/t10-/m0/s1. The zero-order chi connectivity index (χ0) is 9.97. The first-order chi connectivity index (χ1) is 6.85. The lowest BCUT2D eigenvalue weighted by Crippen LogP contribution is -2.38. The minimum absolute atomic E-state index is 0.0919. The van der Waals surface area contributed by atoms with Crippen molar-refractivity contribution in [3.63, 3.8) is 0 Å². The van der Waals surface area contributed by atoms with Crippen LogP contribution in [0.4, 0.5) is 0 Å². The van der Waals surface area contributed by atoms with Crippen LogP contribution in [0.1, 0.15) is 16.7 Å². The van der Waals surface area contributed by atoms with Crippen molar-refractivity contribution in [3.05, 3.63) is 34.9 Å². The molecule has 76 valence electrons. The molecule has 1 atom stereocenters. The van der Waals surface area contributed by atoms with Crippen LogP contribution in [0.3, 0.4) is 0 Å². The first-order valence-corrected chi connectivity index (χ1v) is 4.90. The number of benzene rings is 1. The van der Waals surface area contributed by atoms with Gasteiger partial charge in [-0.2, -0.15) is 0 Å². The first-order valence-electron chi connectivity index (χ1n) is 4.90. The lowest BCUT2D eigenvalue weighted by molar-refractivity contribution is 0.234. The Morgan fingerprint density at radius 1 is 1.36 bits per heavy atom. The molecule has 0 aromatic heterocycles. The van der Waals surface area contributed by atoms with Gasteiger partial charge in [-0.05, 0) is 23.1 Å². The maximum absolute atomic E-state index is 9.14. The highest BCUT2D eigenvalue weighted by atomic mass is 16.3. The van der Waals surface area contributed by atoms with Crippen LogP contribution >= 0.6 is 0 Å². The molecule has 3 heteroatoms. The Morgan fingerprint density at radius 2 is 2.21 bits per heavy atom. The Hall–Kier alpha value is -0.900. The van der Waals surface area contributed by atoms with Gasteiger partial charge in [-0.25, -0.2) is 0 Å². The highest BCUT2D eigenvalue weighted by Gasteiger charge is 2.18. The average molecular weight is 193 g/mol. The van der Waals surface area contributed by atoms with E-state index in [1.54, 1.807) is 0 Å². The second kappa shape index (κ2) is 4.09. The summed E-state index contributed by atoms with van der Waals surface area (Å²) < 4.78 is 0. The first kappa shape index (κ1) is 9.65. The zero-order valence-electron chi connectivity index (χ0n) is 8.03.